The number of ether oxygens (including phenoxy) is 1. The molecule has 1 aliphatic heterocycles. The van der Waals surface area contributed by atoms with E-state index < -0.39 is 0 Å². The molecule has 26 heavy (non-hydrogen) atoms. The van der Waals surface area contributed by atoms with Crippen molar-refractivity contribution in [2.24, 2.45) is 0 Å². The summed E-state index contributed by atoms with van der Waals surface area (Å²) in [6.07, 6.45) is 5.23. The van der Waals surface area contributed by atoms with E-state index in [4.69, 9.17) is 10.00 Å². The van der Waals surface area contributed by atoms with Gasteiger partial charge >= 0.3 is 0 Å². The van der Waals surface area contributed by atoms with Crippen molar-refractivity contribution in [2.45, 2.75) is 39.0 Å². The summed E-state index contributed by atoms with van der Waals surface area (Å²) in [5.74, 6) is 0.847. The highest BCUT2D eigenvalue weighted by Crippen LogP contribution is 2.27. The van der Waals surface area contributed by atoms with Crippen LogP contribution in [0.1, 0.15) is 49.4 Å². The van der Waals surface area contributed by atoms with Crippen LogP contribution in [-0.2, 0) is 0 Å². The van der Waals surface area contributed by atoms with Gasteiger partial charge in [0.1, 0.15) is 5.75 Å². The van der Waals surface area contributed by atoms with Crippen LogP contribution < -0.4 is 4.74 Å². The number of unbranched alkanes of at least 4 members (excludes halogenated alkanes) is 3. The number of nitriles is 1. The summed E-state index contributed by atoms with van der Waals surface area (Å²) in [6, 6.07) is 7.74. The van der Waals surface area contributed by atoms with Gasteiger partial charge in [-0.2, -0.15) is 5.26 Å². The molecule has 1 amide bonds. The van der Waals surface area contributed by atoms with E-state index in [-0.39, 0.29) is 5.91 Å². The number of carbonyl (C=O) groups is 1. The van der Waals surface area contributed by atoms with Crippen LogP contribution in [0.4, 0.5) is 0 Å². The standard InChI is InChI=1S/C20H28BrN3O2/c1-2-3-4-5-15-26-19-8-7-17(16-18(19)21)20(25)24-13-11-23(12-14-24)10-6-9-22/h7-8,16H,2-6,10-15H2,1H3. The zero-order chi connectivity index (χ0) is 18.8. The van der Waals surface area contributed by atoms with Crippen molar-refractivity contribution in [1.82, 2.24) is 9.80 Å². The van der Waals surface area contributed by atoms with Gasteiger partial charge in [-0.3, -0.25) is 9.69 Å². The summed E-state index contributed by atoms with van der Waals surface area (Å²) in [4.78, 5) is 16.8. The molecule has 1 aromatic carbocycles. The maximum atomic E-state index is 12.7. The molecule has 0 bridgehead atoms. The number of piperazine rings is 1. The van der Waals surface area contributed by atoms with Gasteiger partial charge in [0, 0.05) is 44.7 Å². The number of hydrogen-bond donors (Lipinski definition) is 0. The van der Waals surface area contributed by atoms with Gasteiger partial charge < -0.3 is 9.64 Å². The first-order chi connectivity index (χ1) is 12.7. The van der Waals surface area contributed by atoms with Gasteiger partial charge in [0.05, 0.1) is 17.1 Å². The number of hydrogen-bond acceptors (Lipinski definition) is 4. The Hall–Kier alpha value is -1.58. The Kier molecular flexibility index (Phi) is 8.93. The SMILES string of the molecule is CCCCCCOc1ccc(C(=O)N2CCN(CCC#N)CC2)cc1Br. The third kappa shape index (κ3) is 6.30. The normalized spacial score (nSPS) is 14.9. The Morgan fingerprint density at radius 3 is 2.65 bits per heavy atom. The molecule has 0 saturated carbocycles. The smallest absolute Gasteiger partial charge is 0.253 e. The fourth-order valence-corrected chi connectivity index (χ4v) is 3.52. The van der Waals surface area contributed by atoms with Crippen LogP contribution in [-0.4, -0.2) is 55.0 Å². The highest BCUT2D eigenvalue weighted by atomic mass is 79.9. The molecule has 1 aliphatic rings. The summed E-state index contributed by atoms with van der Waals surface area (Å²) in [5.41, 5.74) is 0.681. The molecule has 1 heterocycles. The molecule has 1 saturated heterocycles. The van der Waals surface area contributed by atoms with Crippen LogP contribution in [0.2, 0.25) is 0 Å². The molecule has 1 aromatic rings. The summed E-state index contributed by atoms with van der Waals surface area (Å²) >= 11 is 3.53. The molecule has 0 aromatic heterocycles. The highest BCUT2D eigenvalue weighted by molar-refractivity contribution is 9.10. The lowest BCUT2D eigenvalue weighted by Gasteiger charge is -2.34. The number of benzene rings is 1. The van der Waals surface area contributed by atoms with Crippen molar-refractivity contribution in [3.63, 3.8) is 0 Å². The average Bonchev–Trinajstić information content (AvgIpc) is 2.67. The number of carbonyl (C=O) groups excluding carboxylic acids is 1. The quantitative estimate of drug-likeness (QED) is 0.563. The predicted molar refractivity (Wildman–Crippen MR) is 106 cm³/mol. The molecule has 0 atom stereocenters. The maximum absolute atomic E-state index is 12.7. The van der Waals surface area contributed by atoms with Crippen LogP contribution >= 0.6 is 15.9 Å². The van der Waals surface area contributed by atoms with Crippen molar-refractivity contribution >= 4 is 21.8 Å². The summed E-state index contributed by atoms with van der Waals surface area (Å²) in [5, 5.41) is 8.67. The second kappa shape index (κ2) is 11.2. The van der Waals surface area contributed by atoms with Gasteiger partial charge in [-0.25, -0.2) is 0 Å². The number of nitrogens with zero attached hydrogens (tertiary/aromatic N) is 3. The Labute approximate surface area is 165 Å². The van der Waals surface area contributed by atoms with E-state index >= 15 is 0 Å². The van der Waals surface area contributed by atoms with E-state index in [0.29, 0.717) is 31.7 Å². The van der Waals surface area contributed by atoms with Gasteiger partial charge in [-0.1, -0.05) is 26.2 Å². The third-order valence-electron chi connectivity index (χ3n) is 4.63. The molecule has 1 fully saturated rings. The molecule has 0 N–H and O–H groups in total. The Morgan fingerprint density at radius 2 is 2.00 bits per heavy atom. The first kappa shape index (κ1) is 20.7. The molecule has 5 nitrogen and oxygen atoms in total. The van der Waals surface area contributed by atoms with Crippen molar-refractivity contribution in [3.8, 4) is 11.8 Å². The third-order valence-corrected chi connectivity index (χ3v) is 5.25. The molecule has 2 rings (SSSR count). The van der Waals surface area contributed by atoms with Crippen molar-refractivity contribution in [3.05, 3.63) is 28.2 Å². The number of halogens is 1. The van der Waals surface area contributed by atoms with Crippen LogP contribution in [0.25, 0.3) is 0 Å². The van der Waals surface area contributed by atoms with Gasteiger partial charge in [0.2, 0.25) is 0 Å². The minimum absolute atomic E-state index is 0.0557. The van der Waals surface area contributed by atoms with Crippen LogP contribution in [0.15, 0.2) is 22.7 Å². The van der Waals surface area contributed by atoms with Crippen molar-refractivity contribution < 1.29 is 9.53 Å². The monoisotopic (exact) mass is 421 g/mol. The van der Waals surface area contributed by atoms with E-state index in [9.17, 15) is 4.79 Å². The van der Waals surface area contributed by atoms with Crippen LogP contribution in [0, 0.1) is 11.3 Å². The van der Waals surface area contributed by atoms with Gasteiger partial charge in [0.15, 0.2) is 0 Å². The predicted octanol–water partition coefficient (Wildman–Crippen LogP) is 4.08. The van der Waals surface area contributed by atoms with E-state index in [1.54, 1.807) is 0 Å². The zero-order valence-electron chi connectivity index (χ0n) is 15.5. The van der Waals surface area contributed by atoms with Crippen LogP contribution in [0.5, 0.6) is 5.75 Å². The van der Waals surface area contributed by atoms with Crippen molar-refractivity contribution in [1.29, 1.82) is 5.26 Å². The molecule has 0 spiro atoms. The zero-order valence-corrected chi connectivity index (χ0v) is 17.1. The van der Waals surface area contributed by atoms with Gasteiger partial charge in [-0.05, 0) is 40.5 Å². The lowest BCUT2D eigenvalue weighted by Crippen LogP contribution is -2.48. The Morgan fingerprint density at radius 1 is 1.23 bits per heavy atom. The van der Waals surface area contributed by atoms with Gasteiger partial charge in [-0.15, -0.1) is 0 Å². The molecule has 0 unspecified atom stereocenters. The number of amides is 1. The lowest BCUT2D eigenvalue weighted by molar-refractivity contribution is 0.0639. The largest absolute Gasteiger partial charge is 0.492 e. The first-order valence-corrected chi connectivity index (χ1v) is 10.3. The first-order valence-electron chi connectivity index (χ1n) is 9.46. The minimum atomic E-state index is 0.0557. The molecule has 0 aliphatic carbocycles. The molecule has 142 valence electrons. The summed E-state index contributed by atoms with van der Waals surface area (Å²) in [6.45, 7) is 6.75. The average molecular weight is 422 g/mol. The molecular formula is C20H28BrN3O2. The highest BCUT2D eigenvalue weighted by Gasteiger charge is 2.22. The van der Waals surface area contributed by atoms with Crippen LogP contribution in [0.3, 0.4) is 0 Å². The summed E-state index contributed by atoms with van der Waals surface area (Å²) in [7, 11) is 0. The molecule has 6 heteroatoms. The minimum Gasteiger partial charge on any atom is -0.492 e. The maximum Gasteiger partial charge on any atom is 0.253 e. The second-order valence-corrected chi connectivity index (χ2v) is 7.45. The fourth-order valence-electron chi connectivity index (χ4n) is 3.03. The summed E-state index contributed by atoms with van der Waals surface area (Å²) < 4.78 is 6.64. The van der Waals surface area contributed by atoms with Gasteiger partial charge in [0.25, 0.3) is 5.91 Å². The van der Waals surface area contributed by atoms with E-state index in [1.165, 1.54) is 19.3 Å². The van der Waals surface area contributed by atoms with E-state index in [0.717, 1.165) is 36.3 Å². The topological polar surface area (TPSA) is 56.6 Å². The number of rotatable bonds is 9. The Bertz CT molecular complexity index is 622. The second-order valence-electron chi connectivity index (χ2n) is 6.60. The molecular weight excluding hydrogens is 394 g/mol. The lowest BCUT2D eigenvalue weighted by atomic mass is 10.1. The fraction of sp³-hybridized carbons (Fsp3) is 0.600. The molecule has 0 radical (unpaired) electrons. The van der Waals surface area contributed by atoms with E-state index in [2.05, 4.69) is 33.8 Å². The van der Waals surface area contributed by atoms with E-state index in [1.807, 2.05) is 23.1 Å². The Balaban J connectivity index is 1.84. The van der Waals surface area contributed by atoms with Crippen molar-refractivity contribution in [2.75, 3.05) is 39.3 Å².